The molecule has 0 radical (unpaired) electrons. The maximum absolute atomic E-state index is 4.65. The van der Waals surface area contributed by atoms with E-state index in [1.807, 2.05) is 36.4 Å². The van der Waals surface area contributed by atoms with Gasteiger partial charge >= 0.3 is 0 Å². The Morgan fingerprint density at radius 3 is 2.22 bits per heavy atom. The Balaban J connectivity index is 1.99. The maximum Gasteiger partial charge on any atom is 0.0951 e. The summed E-state index contributed by atoms with van der Waals surface area (Å²) >= 11 is -0.115. The number of rotatable bonds is 2. The van der Waals surface area contributed by atoms with Crippen molar-refractivity contribution in [1.29, 1.82) is 0 Å². The molecule has 0 fully saturated rings. The number of nitrogens with zero attached hydrogens (tertiary/aromatic N) is 3. The van der Waals surface area contributed by atoms with Crippen LogP contribution in [0.15, 0.2) is 57.9 Å². The highest BCUT2D eigenvalue weighted by atomic mass is 127. The highest BCUT2D eigenvalue weighted by Crippen LogP contribution is 2.22. The average molecular weight is 347 g/mol. The topological polar surface area (TPSA) is 38.1 Å². The molecular formula is C14H10IN3. The predicted octanol–water partition coefficient (Wildman–Crippen LogP) is 3.05. The fourth-order valence-corrected chi connectivity index (χ4v) is 3.36. The van der Waals surface area contributed by atoms with Gasteiger partial charge < -0.3 is 0 Å². The van der Waals surface area contributed by atoms with E-state index in [0.717, 1.165) is 22.8 Å². The van der Waals surface area contributed by atoms with Crippen molar-refractivity contribution in [1.82, 2.24) is 9.97 Å². The first-order chi connectivity index (χ1) is 8.93. The summed E-state index contributed by atoms with van der Waals surface area (Å²) in [7, 11) is 0. The fraction of sp³-hybridized carbons (Fsp3) is 0. The minimum atomic E-state index is -0.115. The molecule has 0 aliphatic carbocycles. The van der Waals surface area contributed by atoms with Crippen molar-refractivity contribution < 1.29 is 0 Å². The molecule has 0 saturated heterocycles. The van der Waals surface area contributed by atoms with Crippen LogP contribution in [-0.2, 0) is 0 Å². The lowest BCUT2D eigenvalue weighted by molar-refractivity contribution is 1.25. The van der Waals surface area contributed by atoms with Gasteiger partial charge in [0.1, 0.15) is 0 Å². The number of hydrogen-bond acceptors (Lipinski definition) is 3. The van der Waals surface area contributed by atoms with Gasteiger partial charge in [-0.25, -0.2) is 4.99 Å². The van der Waals surface area contributed by atoms with E-state index in [4.69, 9.17) is 0 Å². The van der Waals surface area contributed by atoms with Crippen LogP contribution in [0.25, 0.3) is 5.70 Å². The molecule has 4 heteroatoms. The quantitative estimate of drug-likeness (QED) is 0.784. The summed E-state index contributed by atoms with van der Waals surface area (Å²) in [5.41, 5.74) is 3.79. The smallest absolute Gasteiger partial charge is 0.0951 e. The van der Waals surface area contributed by atoms with Crippen LogP contribution in [0.2, 0.25) is 0 Å². The predicted molar refractivity (Wildman–Crippen MR) is 83.1 cm³/mol. The molecule has 0 saturated carbocycles. The van der Waals surface area contributed by atoms with Gasteiger partial charge in [0, 0.05) is 12.4 Å². The molecule has 0 spiro atoms. The summed E-state index contributed by atoms with van der Waals surface area (Å²) in [6.45, 7) is 0. The van der Waals surface area contributed by atoms with Gasteiger partial charge in [0.2, 0.25) is 0 Å². The number of pyridine rings is 2. The first-order valence-corrected chi connectivity index (χ1v) is 7.99. The molecule has 0 aromatic carbocycles. The van der Waals surface area contributed by atoms with Crippen molar-refractivity contribution in [2.24, 2.45) is 4.99 Å². The van der Waals surface area contributed by atoms with Gasteiger partial charge in [0.25, 0.3) is 0 Å². The number of hydrogen-bond donors (Lipinski definition) is 0. The average Bonchev–Trinajstić information content (AvgIpc) is 2.49. The van der Waals surface area contributed by atoms with Gasteiger partial charge in [-0.15, -0.1) is 0 Å². The van der Waals surface area contributed by atoms with Crippen molar-refractivity contribution in [2.75, 3.05) is 0 Å². The summed E-state index contributed by atoms with van der Waals surface area (Å²) in [6, 6.07) is 11.8. The number of aromatic nitrogens is 2. The minimum Gasteiger partial charge on any atom is -0.255 e. The van der Waals surface area contributed by atoms with E-state index in [1.165, 1.54) is 0 Å². The molecule has 3 rings (SSSR count). The lowest BCUT2D eigenvalue weighted by Crippen LogP contribution is -2.06. The first-order valence-electron chi connectivity index (χ1n) is 5.50. The second-order valence-corrected chi connectivity index (χ2v) is 5.62. The third-order valence-corrected chi connectivity index (χ3v) is 4.33. The van der Waals surface area contributed by atoms with E-state index >= 15 is 0 Å². The maximum atomic E-state index is 4.65. The molecule has 0 unspecified atom stereocenters. The Hall–Kier alpha value is -1.69. The summed E-state index contributed by atoms with van der Waals surface area (Å²) in [4.78, 5) is 13.3. The third kappa shape index (κ3) is 2.43. The monoisotopic (exact) mass is 347 g/mol. The second-order valence-electron chi connectivity index (χ2n) is 3.66. The van der Waals surface area contributed by atoms with Gasteiger partial charge in [0.05, 0.1) is 22.8 Å². The second kappa shape index (κ2) is 5.30. The zero-order valence-electron chi connectivity index (χ0n) is 9.49. The summed E-state index contributed by atoms with van der Waals surface area (Å²) in [6.07, 6.45) is 3.59. The Labute approximate surface area is 115 Å². The summed E-state index contributed by atoms with van der Waals surface area (Å²) < 4.78 is 4.38. The normalized spacial score (nSPS) is 14.4. The van der Waals surface area contributed by atoms with E-state index in [1.54, 1.807) is 12.4 Å². The summed E-state index contributed by atoms with van der Waals surface area (Å²) in [5, 5.41) is 0. The Bertz CT molecular complexity index is 590. The lowest BCUT2D eigenvalue weighted by Gasteiger charge is -2.07. The fourth-order valence-electron chi connectivity index (χ4n) is 1.58. The van der Waals surface area contributed by atoms with Crippen LogP contribution in [0.4, 0.5) is 0 Å². The molecule has 3 nitrogen and oxygen atoms in total. The first kappa shape index (κ1) is 11.4. The number of halogens is 1. The highest BCUT2D eigenvalue weighted by molar-refractivity contribution is 14.2. The molecular weight excluding hydrogens is 337 g/mol. The molecule has 18 heavy (non-hydrogen) atoms. The summed E-state index contributed by atoms with van der Waals surface area (Å²) in [5.74, 6) is 0. The van der Waals surface area contributed by atoms with Gasteiger partial charge in [-0.3, -0.25) is 9.97 Å². The molecule has 3 heterocycles. The molecule has 1 aliphatic rings. The minimum absolute atomic E-state index is 0.115. The van der Waals surface area contributed by atoms with Crippen LogP contribution >= 0.6 is 20.7 Å². The highest BCUT2D eigenvalue weighted by Gasteiger charge is 2.08. The van der Waals surface area contributed by atoms with Crippen molar-refractivity contribution in [3.05, 3.63) is 64.3 Å². The molecule has 88 valence electrons. The van der Waals surface area contributed by atoms with Crippen LogP contribution in [0, 0.1) is 0 Å². The van der Waals surface area contributed by atoms with Gasteiger partial charge in [-0.05, 0) is 32.4 Å². The Morgan fingerprint density at radius 1 is 0.833 bits per heavy atom. The standard InChI is InChI=1S/C14H10IN3/c1-3-7-16-11(5-1)13-9-15-10-14(18-13)12-6-2-4-8-17-12/h1-10H. The van der Waals surface area contributed by atoms with Crippen LogP contribution in [0.1, 0.15) is 11.4 Å². The SMILES string of the molecule is C1=IC=C(c2ccccn2)N=C1c1ccccn1. The van der Waals surface area contributed by atoms with Gasteiger partial charge in [-0.2, -0.15) is 0 Å². The van der Waals surface area contributed by atoms with Gasteiger partial charge in [-0.1, -0.05) is 32.9 Å². The van der Waals surface area contributed by atoms with Crippen molar-refractivity contribution >= 4 is 36.2 Å². The van der Waals surface area contributed by atoms with Crippen molar-refractivity contribution in [3.63, 3.8) is 0 Å². The van der Waals surface area contributed by atoms with E-state index in [-0.39, 0.29) is 20.7 Å². The Morgan fingerprint density at radius 2 is 1.56 bits per heavy atom. The van der Waals surface area contributed by atoms with Crippen LogP contribution in [-0.4, -0.2) is 19.7 Å². The lowest BCUT2D eigenvalue weighted by atomic mass is 10.2. The number of aliphatic imine (C=N–C) groups is 1. The molecule has 0 bridgehead atoms. The zero-order chi connectivity index (χ0) is 12.2. The van der Waals surface area contributed by atoms with E-state index in [2.05, 4.69) is 23.1 Å². The third-order valence-electron chi connectivity index (χ3n) is 2.43. The van der Waals surface area contributed by atoms with Crippen LogP contribution in [0.3, 0.4) is 0 Å². The Kier molecular flexibility index (Phi) is 3.36. The van der Waals surface area contributed by atoms with E-state index < -0.39 is 0 Å². The van der Waals surface area contributed by atoms with Crippen LogP contribution in [0.5, 0.6) is 0 Å². The van der Waals surface area contributed by atoms with Gasteiger partial charge in [0.15, 0.2) is 0 Å². The molecule has 0 N–H and O–H groups in total. The molecule has 2 aromatic heterocycles. The largest absolute Gasteiger partial charge is 0.255 e. The van der Waals surface area contributed by atoms with E-state index in [0.29, 0.717) is 0 Å². The van der Waals surface area contributed by atoms with Crippen molar-refractivity contribution in [2.45, 2.75) is 0 Å². The zero-order valence-corrected chi connectivity index (χ0v) is 11.7. The van der Waals surface area contributed by atoms with Crippen LogP contribution < -0.4 is 0 Å². The molecule has 0 atom stereocenters. The van der Waals surface area contributed by atoms with E-state index in [9.17, 15) is 0 Å². The molecule has 1 aliphatic heterocycles. The van der Waals surface area contributed by atoms with Crippen molar-refractivity contribution in [3.8, 4) is 0 Å². The molecule has 0 amide bonds. The molecule has 2 aromatic rings.